The number of hydrogen-bond acceptors (Lipinski definition) is 17. The number of carbonyl (C=O) groups excluding carboxylic acids is 1. The van der Waals surface area contributed by atoms with Crippen molar-refractivity contribution in [2.45, 2.75) is 68.1 Å². The van der Waals surface area contributed by atoms with Gasteiger partial charge in [-0.3, -0.25) is 13.7 Å². The van der Waals surface area contributed by atoms with Crippen LogP contribution in [0, 0.1) is 5.92 Å². The lowest BCUT2D eigenvalue weighted by Crippen LogP contribution is -2.64. The van der Waals surface area contributed by atoms with Gasteiger partial charge in [-0.1, -0.05) is 6.92 Å². The first-order valence-electron chi connectivity index (χ1n) is 11.2. The van der Waals surface area contributed by atoms with E-state index in [1.165, 1.54) is 13.0 Å². The fourth-order valence-corrected chi connectivity index (χ4v) is 5.01. The third kappa shape index (κ3) is 6.22. The molecule has 19 heteroatoms. The summed E-state index contributed by atoms with van der Waals surface area (Å²) in [6.45, 7) is -0.705. The number of aliphatic carboxylic acids is 1. The van der Waals surface area contributed by atoms with E-state index < -0.39 is 99.8 Å². The van der Waals surface area contributed by atoms with Crippen LogP contribution in [0.5, 0.6) is 0 Å². The number of nitrogen functional groups attached to an aromatic ring is 1. The maximum atomic E-state index is 12.6. The van der Waals surface area contributed by atoms with Gasteiger partial charge in [0.15, 0.2) is 6.23 Å². The van der Waals surface area contributed by atoms with Crippen molar-refractivity contribution < 1.29 is 68.5 Å². The van der Waals surface area contributed by atoms with Gasteiger partial charge < -0.3 is 65.2 Å². The summed E-state index contributed by atoms with van der Waals surface area (Å²) in [6, 6.07) is 1.20. The lowest BCUT2D eigenvalue weighted by atomic mass is 9.85. The van der Waals surface area contributed by atoms with E-state index in [4.69, 9.17) is 20.3 Å². The van der Waals surface area contributed by atoms with Crippen molar-refractivity contribution >= 4 is 19.6 Å². The molecule has 3 rings (SSSR count). The number of aliphatic hydroxyl groups excluding tert-OH is 6. The Hall–Kier alpha value is -2.06. The van der Waals surface area contributed by atoms with E-state index in [1.54, 1.807) is 0 Å². The van der Waals surface area contributed by atoms with Gasteiger partial charge in [-0.15, -0.1) is 0 Å². The molecule has 18 nitrogen and oxygen atoms in total. The molecule has 0 saturated carbocycles. The van der Waals surface area contributed by atoms with Gasteiger partial charge in [0.25, 0.3) is 7.82 Å². The van der Waals surface area contributed by atoms with Gasteiger partial charge in [0.1, 0.15) is 42.3 Å². The summed E-state index contributed by atoms with van der Waals surface area (Å²) in [4.78, 5) is 39.9. The van der Waals surface area contributed by atoms with Crippen LogP contribution in [0.3, 0.4) is 0 Å². The zero-order chi connectivity index (χ0) is 28.6. The smallest absolute Gasteiger partial charge is 0.351 e. The maximum Gasteiger partial charge on any atom is 0.351 e. The zero-order valence-corrected chi connectivity index (χ0v) is 20.6. The number of carboxylic acid groups (broad SMARTS) is 1. The Kier molecular flexibility index (Phi) is 9.29. The van der Waals surface area contributed by atoms with Crippen LogP contribution in [0.25, 0.3) is 0 Å². The molecule has 9 unspecified atom stereocenters. The van der Waals surface area contributed by atoms with Crippen molar-refractivity contribution in [3.05, 3.63) is 22.7 Å². The number of ether oxygens (including phenoxy) is 2. The number of anilines is 1. The number of aliphatic hydroxyl groups is 6. The normalized spacial score (nSPS) is 36.9. The van der Waals surface area contributed by atoms with Crippen LogP contribution in [-0.2, 0) is 27.9 Å². The Bertz CT molecular complexity index is 1110. The highest BCUT2D eigenvalue weighted by molar-refractivity contribution is 7.45. The Morgan fingerprint density at radius 3 is 2.61 bits per heavy atom. The Morgan fingerprint density at radius 1 is 1.37 bits per heavy atom. The first-order valence-corrected chi connectivity index (χ1v) is 12.7. The molecule has 2 aliphatic heterocycles. The average Bonchev–Trinajstić information content (AvgIpc) is 3.12. The van der Waals surface area contributed by atoms with E-state index in [-0.39, 0.29) is 5.82 Å². The molecule has 1 aromatic rings. The van der Waals surface area contributed by atoms with Crippen LogP contribution in [0.1, 0.15) is 19.6 Å². The van der Waals surface area contributed by atoms with Crippen LogP contribution < -0.4 is 21.4 Å². The molecule has 0 amide bonds. The SMILES string of the molecule is CC1C(O)CC(OP(=O)([O-])OCC2OC(n3ccc(N)nc3=O)C(O)C2O)(C(=O)[O-])OC1[C@H](O)[C@H](O)CO. The van der Waals surface area contributed by atoms with Gasteiger partial charge >= 0.3 is 5.69 Å². The minimum absolute atomic E-state index is 0.129. The Labute approximate surface area is 214 Å². The van der Waals surface area contributed by atoms with Gasteiger partial charge in [0, 0.05) is 18.5 Å². The predicted molar refractivity (Wildman–Crippen MR) is 115 cm³/mol. The van der Waals surface area contributed by atoms with Crippen LogP contribution in [0.4, 0.5) is 5.82 Å². The molecular weight excluding hydrogens is 541 g/mol. The maximum absolute atomic E-state index is 12.6. The summed E-state index contributed by atoms with van der Waals surface area (Å²) in [5.74, 6) is -6.68. The molecular formula is C19H28N3O15P-2. The molecule has 0 bridgehead atoms. The van der Waals surface area contributed by atoms with Gasteiger partial charge in [-0.2, -0.15) is 4.98 Å². The van der Waals surface area contributed by atoms with Gasteiger partial charge in [-0.05, 0) is 6.07 Å². The number of carboxylic acids is 1. The second kappa shape index (κ2) is 11.6. The molecule has 8 N–H and O–H groups in total. The molecule has 0 spiro atoms. The van der Waals surface area contributed by atoms with E-state index in [2.05, 4.69) is 14.0 Å². The largest absolute Gasteiger partial charge is 0.756 e. The zero-order valence-electron chi connectivity index (χ0n) is 19.7. The fraction of sp³-hybridized carbons (Fsp3) is 0.737. The van der Waals surface area contributed by atoms with E-state index in [1.807, 2.05) is 0 Å². The molecule has 0 radical (unpaired) electrons. The topological polar surface area (TPSA) is 299 Å². The highest BCUT2D eigenvalue weighted by atomic mass is 31.2. The third-order valence-electron chi connectivity index (χ3n) is 6.28. The minimum Gasteiger partial charge on any atom is -0.756 e. The first-order chi connectivity index (χ1) is 17.6. The number of rotatable bonds is 10. The highest BCUT2D eigenvalue weighted by Gasteiger charge is 2.52. The number of aromatic nitrogens is 2. The molecule has 3 heterocycles. The molecule has 11 atom stereocenters. The quantitative estimate of drug-likeness (QED) is 0.129. The average molecular weight is 569 g/mol. The highest BCUT2D eigenvalue weighted by Crippen LogP contribution is 2.48. The van der Waals surface area contributed by atoms with Crippen LogP contribution in [-0.4, -0.2) is 108 Å². The number of phosphoric ester groups is 1. The van der Waals surface area contributed by atoms with Crippen molar-refractivity contribution in [2.24, 2.45) is 5.92 Å². The van der Waals surface area contributed by atoms with Crippen molar-refractivity contribution in [3.63, 3.8) is 0 Å². The molecule has 2 fully saturated rings. The minimum atomic E-state index is -5.69. The molecule has 0 aliphatic carbocycles. The molecule has 0 aromatic carbocycles. The summed E-state index contributed by atoms with van der Waals surface area (Å²) in [5.41, 5.74) is 4.45. The summed E-state index contributed by atoms with van der Waals surface area (Å²) < 4.78 is 33.0. The number of hydrogen-bond donors (Lipinski definition) is 7. The second-order valence-corrected chi connectivity index (χ2v) is 10.3. The van der Waals surface area contributed by atoms with Gasteiger partial charge in [0.2, 0.25) is 5.79 Å². The van der Waals surface area contributed by atoms with Gasteiger partial charge in [0.05, 0.1) is 25.4 Å². The number of phosphoric acid groups is 1. The lowest BCUT2D eigenvalue weighted by Gasteiger charge is -2.49. The lowest BCUT2D eigenvalue weighted by molar-refractivity contribution is -0.380. The fourth-order valence-electron chi connectivity index (χ4n) is 4.08. The number of carbonyl (C=O) groups is 1. The predicted octanol–water partition coefficient (Wildman–Crippen LogP) is -6.11. The molecule has 38 heavy (non-hydrogen) atoms. The monoisotopic (exact) mass is 569 g/mol. The standard InChI is InChI=1S/C19H30N3O15P/c1-7-8(24)4-19(17(29)30,36-15(7)12(26)9(25)5-23)37-38(32,33)34-6-10-13(27)14(28)16(35-10)22-3-2-11(20)21-18(22)31/h2-3,7-10,12-16,23-28H,4-6H2,1H3,(H,29,30)(H,32,33)(H2,20,21,31)/p-2/t7?,8?,9-,10?,12-,13?,14?,15?,16?,19?/m1/s1. The van der Waals surface area contributed by atoms with E-state index in [9.17, 15) is 49.7 Å². The third-order valence-corrected chi connectivity index (χ3v) is 7.26. The van der Waals surface area contributed by atoms with Crippen LogP contribution in [0.15, 0.2) is 17.1 Å². The van der Waals surface area contributed by atoms with E-state index >= 15 is 0 Å². The van der Waals surface area contributed by atoms with Crippen LogP contribution in [0.2, 0.25) is 0 Å². The van der Waals surface area contributed by atoms with Crippen LogP contribution >= 0.6 is 7.82 Å². The molecule has 216 valence electrons. The van der Waals surface area contributed by atoms with Crippen molar-refractivity contribution in [1.82, 2.24) is 9.55 Å². The summed E-state index contributed by atoms with van der Waals surface area (Å²) in [5, 5.41) is 71.7. The molecule has 2 saturated heterocycles. The molecule has 2 aliphatic rings. The van der Waals surface area contributed by atoms with E-state index in [0.717, 1.165) is 10.8 Å². The summed E-state index contributed by atoms with van der Waals surface area (Å²) >= 11 is 0. The number of nitrogens with two attached hydrogens (primary N) is 1. The Balaban J connectivity index is 1.74. The van der Waals surface area contributed by atoms with Crippen molar-refractivity contribution in [3.8, 4) is 0 Å². The first kappa shape index (κ1) is 30.5. The Morgan fingerprint density at radius 2 is 2.03 bits per heavy atom. The summed E-state index contributed by atoms with van der Waals surface area (Å²) in [6.07, 6.45) is -13.7. The van der Waals surface area contributed by atoms with Crippen molar-refractivity contribution in [2.75, 3.05) is 18.9 Å². The molecule has 1 aromatic heterocycles. The summed E-state index contributed by atoms with van der Waals surface area (Å²) in [7, 11) is -5.69. The number of nitrogens with zero attached hydrogens (tertiary/aromatic N) is 2. The second-order valence-electron chi connectivity index (χ2n) is 8.92. The van der Waals surface area contributed by atoms with E-state index in [0.29, 0.717) is 0 Å². The van der Waals surface area contributed by atoms with Crippen molar-refractivity contribution in [1.29, 1.82) is 0 Å². The van der Waals surface area contributed by atoms with Gasteiger partial charge in [-0.25, -0.2) is 4.79 Å².